The Balaban J connectivity index is 2.02. The van der Waals surface area contributed by atoms with Crippen LogP contribution in [0.2, 0.25) is 0 Å². The molecule has 17 heavy (non-hydrogen) atoms. The molecule has 0 bridgehead atoms. The first-order valence-corrected chi connectivity index (χ1v) is 6.51. The molecule has 0 radical (unpaired) electrons. The fourth-order valence-electron chi connectivity index (χ4n) is 1.81. The van der Waals surface area contributed by atoms with E-state index in [4.69, 9.17) is 9.47 Å². The van der Waals surface area contributed by atoms with Gasteiger partial charge in [0.2, 0.25) is 0 Å². The highest BCUT2D eigenvalue weighted by atomic mass is 16.5. The molecule has 2 nitrogen and oxygen atoms in total. The molecule has 1 atom stereocenters. The molecular weight excluding hydrogens is 212 g/mol. The van der Waals surface area contributed by atoms with Crippen molar-refractivity contribution in [3.63, 3.8) is 0 Å². The monoisotopic (exact) mass is 234 g/mol. The zero-order valence-electron chi connectivity index (χ0n) is 10.9. The number of allylic oxidation sites excluding steroid dienone is 3. The van der Waals surface area contributed by atoms with Crippen LogP contribution in [0.4, 0.5) is 0 Å². The van der Waals surface area contributed by atoms with Crippen LogP contribution in [0.3, 0.4) is 0 Å². The van der Waals surface area contributed by atoms with Crippen molar-refractivity contribution in [1.29, 1.82) is 0 Å². The minimum atomic E-state index is 0.0522. The summed E-state index contributed by atoms with van der Waals surface area (Å²) >= 11 is 0. The lowest BCUT2D eigenvalue weighted by atomic mass is 10.0. The molecule has 94 valence electrons. The molecule has 1 saturated carbocycles. The molecule has 0 heterocycles. The van der Waals surface area contributed by atoms with Crippen LogP contribution in [0, 0.1) is 5.92 Å². The van der Waals surface area contributed by atoms with E-state index in [0.717, 1.165) is 36.9 Å². The van der Waals surface area contributed by atoms with Gasteiger partial charge < -0.3 is 9.47 Å². The van der Waals surface area contributed by atoms with Crippen molar-refractivity contribution in [2.45, 2.75) is 45.6 Å². The third kappa shape index (κ3) is 3.65. The molecule has 0 N–H and O–H groups in total. The second-order valence-electron chi connectivity index (χ2n) is 5.09. The summed E-state index contributed by atoms with van der Waals surface area (Å²) in [5, 5.41) is 0. The summed E-state index contributed by atoms with van der Waals surface area (Å²) < 4.78 is 11.7. The Morgan fingerprint density at radius 3 is 2.88 bits per heavy atom. The molecule has 1 unspecified atom stereocenters. The van der Waals surface area contributed by atoms with Gasteiger partial charge in [0.25, 0.3) is 0 Å². The lowest BCUT2D eigenvalue weighted by molar-refractivity contribution is 0.123. The zero-order chi connectivity index (χ0) is 12.3. The fraction of sp³-hybridized carbons (Fsp3) is 0.600. The third-order valence-corrected chi connectivity index (χ3v) is 3.23. The number of hydrogen-bond acceptors (Lipinski definition) is 2. The van der Waals surface area contributed by atoms with Gasteiger partial charge in [0.15, 0.2) is 5.76 Å². The summed E-state index contributed by atoms with van der Waals surface area (Å²) in [4.78, 5) is 0. The predicted octanol–water partition coefficient (Wildman–Crippen LogP) is 3.96. The third-order valence-electron chi connectivity index (χ3n) is 3.23. The highest BCUT2D eigenvalue weighted by molar-refractivity contribution is 5.26. The fourth-order valence-corrected chi connectivity index (χ4v) is 1.81. The number of ether oxygens (including phenoxy) is 2. The van der Waals surface area contributed by atoms with Gasteiger partial charge >= 0.3 is 0 Å². The summed E-state index contributed by atoms with van der Waals surface area (Å²) in [6.07, 6.45) is 8.63. The Hall–Kier alpha value is -1.18. The molecular formula is C15H22O2. The minimum Gasteiger partial charge on any atom is -0.490 e. The molecule has 0 aliphatic heterocycles. The van der Waals surface area contributed by atoms with Crippen LogP contribution < -0.4 is 0 Å². The largest absolute Gasteiger partial charge is 0.490 e. The predicted molar refractivity (Wildman–Crippen MR) is 69.4 cm³/mol. The first-order valence-electron chi connectivity index (χ1n) is 6.51. The summed E-state index contributed by atoms with van der Waals surface area (Å²) in [5.74, 6) is 2.70. The number of rotatable bonds is 6. The highest BCUT2D eigenvalue weighted by Gasteiger charge is 2.24. The van der Waals surface area contributed by atoms with Crippen molar-refractivity contribution in [3.05, 3.63) is 35.8 Å². The summed E-state index contributed by atoms with van der Waals surface area (Å²) in [6, 6.07) is 0. The molecule has 0 aromatic carbocycles. The minimum absolute atomic E-state index is 0.0522. The Bertz CT molecular complexity index is 348. The van der Waals surface area contributed by atoms with Gasteiger partial charge in [-0.25, -0.2) is 0 Å². The summed E-state index contributed by atoms with van der Waals surface area (Å²) in [6.45, 7) is 8.74. The number of hydrogen-bond donors (Lipinski definition) is 0. The van der Waals surface area contributed by atoms with E-state index < -0.39 is 0 Å². The van der Waals surface area contributed by atoms with Crippen molar-refractivity contribution in [2.75, 3.05) is 6.61 Å². The second kappa shape index (κ2) is 5.44. The van der Waals surface area contributed by atoms with Gasteiger partial charge in [0, 0.05) is 6.42 Å². The van der Waals surface area contributed by atoms with Gasteiger partial charge in [0.1, 0.15) is 11.9 Å². The van der Waals surface area contributed by atoms with Crippen molar-refractivity contribution in [3.8, 4) is 0 Å². The molecule has 2 aliphatic carbocycles. The lowest BCUT2D eigenvalue weighted by Crippen LogP contribution is -2.11. The quantitative estimate of drug-likeness (QED) is 0.648. The summed E-state index contributed by atoms with van der Waals surface area (Å²) in [5.41, 5.74) is 1.37. The Morgan fingerprint density at radius 1 is 1.47 bits per heavy atom. The van der Waals surface area contributed by atoms with Gasteiger partial charge in [-0.3, -0.25) is 0 Å². The first-order chi connectivity index (χ1) is 8.19. The maximum atomic E-state index is 5.88. The Labute approximate surface area is 104 Å². The van der Waals surface area contributed by atoms with Gasteiger partial charge in [-0.1, -0.05) is 18.2 Å². The SMILES string of the molecule is C=CC(C)OC1=C(OCC2CC2)C=C(C)CC1. The standard InChI is InChI=1S/C15H22O2/c1-4-12(3)17-14-8-5-11(2)9-15(14)16-10-13-6-7-13/h4,9,12-13H,1,5-8,10H2,2-3H3. The van der Waals surface area contributed by atoms with Crippen LogP contribution >= 0.6 is 0 Å². The summed E-state index contributed by atoms with van der Waals surface area (Å²) in [7, 11) is 0. The van der Waals surface area contributed by atoms with Crippen molar-refractivity contribution < 1.29 is 9.47 Å². The molecule has 0 spiro atoms. The van der Waals surface area contributed by atoms with Crippen molar-refractivity contribution in [1.82, 2.24) is 0 Å². The topological polar surface area (TPSA) is 18.5 Å². The van der Waals surface area contributed by atoms with E-state index in [1.165, 1.54) is 18.4 Å². The molecule has 1 fully saturated rings. The molecule has 2 aliphatic rings. The highest BCUT2D eigenvalue weighted by Crippen LogP contribution is 2.32. The van der Waals surface area contributed by atoms with Gasteiger partial charge in [-0.2, -0.15) is 0 Å². The average Bonchev–Trinajstić information content (AvgIpc) is 3.13. The van der Waals surface area contributed by atoms with Crippen molar-refractivity contribution >= 4 is 0 Å². The van der Waals surface area contributed by atoms with E-state index >= 15 is 0 Å². The maximum absolute atomic E-state index is 5.88. The molecule has 2 rings (SSSR count). The Kier molecular flexibility index (Phi) is 3.93. The first kappa shape index (κ1) is 12.3. The van der Waals surface area contributed by atoms with E-state index in [-0.39, 0.29) is 6.10 Å². The smallest absolute Gasteiger partial charge is 0.156 e. The maximum Gasteiger partial charge on any atom is 0.156 e. The lowest BCUT2D eigenvalue weighted by Gasteiger charge is -2.21. The molecule has 2 heteroatoms. The van der Waals surface area contributed by atoms with Crippen LogP contribution in [0.25, 0.3) is 0 Å². The molecule has 0 saturated heterocycles. The van der Waals surface area contributed by atoms with Crippen LogP contribution in [0.5, 0.6) is 0 Å². The van der Waals surface area contributed by atoms with E-state index in [0.29, 0.717) is 0 Å². The van der Waals surface area contributed by atoms with Crippen LogP contribution in [-0.4, -0.2) is 12.7 Å². The van der Waals surface area contributed by atoms with Gasteiger partial charge in [0.05, 0.1) is 6.61 Å². The average molecular weight is 234 g/mol. The molecule has 0 aromatic heterocycles. The van der Waals surface area contributed by atoms with Gasteiger partial charge in [-0.15, -0.1) is 0 Å². The second-order valence-corrected chi connectivity index (χ2v) is 5.09. The van der Waals surface area contributed by atoms with E-state index in [1.54, 1.807) is 0 Å². The van der Waals surface area contributed by atoms with E-state index in [9.17, 15) is 0 Å². The van der Waals surface area contributed by atoms with E-state index in [2.05, 4.69) is 19.6 Å². The normalized spacial score (nSPS) is 21.9. The van der Waals surface area contributed by atoms with E-state index in [1.807, 2.05) is 13.0 Å². The molecule has 0 amide bonds. The van der Waals surface area contributed by atoms with Crippen LogP contribution in [-0.2, 0) is 9.47 Å². The van der Waals surface area contributed by atoms with Gasteiger partial charge in [-0.05, 0) is 45.1 Å². The molecule has 0 aromatic rings. The van der Waals surface area contributed by atoms with Crippen LogP contribution in [0.15, 0.2) is 35.8 Å². The van der Waals surface area contributed by atoms with Crippen molar-refractivity contribution in [2.24, 2.45) is 5.92 Å². The zero-order valence-corrected chi connectivity index (χ0v) is 10.9. The van der Waals surface area contributed by atoms with Crippen LogP contribution in [0.1, 0.15) is 39.5 Å². The Morgan fingerprint density at radius 2 is 2.24 bits per heavy atom.